The van der Waals surface area contributed by atoms with E-state index in [1.807, 2.05) is 0 Å². The maximum absolute atomic E-state index is 11.1. The minimum absolute atomic E-state index is 0.737. The van der Waals surface area contributed by atoms with E-state index in [-0.39, 0.29) is 0 Å². The number of aliphatic hydroxyl groups is 2. The normalized spacial score (nSPS) is 11.1. The van der Waals surface area contributed by atoms with Crippen LogP contribution in [-0.4, -0.2) is 40.6 Å². The van der Waals surface area contributed by atoms with Gasteiger partial charge in [-0.2, -0.15) is 0 Å². The zero-order valence-corrected chi connectivity index (χ0v) is 8.21. The first-order valence-corrected chi connectivity index (χ1v) is 4.01. The van der Waals surface area contributed by atoms with E-state index in [0.717, 1.165) is 6.08 Å². The van der Waals surface area contributed by atoms with Crippen LogP contribution in [0.25, 0.3) is 0 Å². The number of carbonyl (C=O) groups is 3. The van der Waals surface area contributed by atoms with Crippen molar-refractivity contribution in [1.29, 1.82) is 0 Å². The van der Waals surface area contributed by atoms with Crippen molar-refractivity contribution >= 4 is 17.7 Å². The average molecular weight is 230 g/mol. The van der Waals surface area contributed by atoms with E-state index in [2.05, 4.69) is 22.9 Å². The summed E-state index contributed by atoms with van der Waals surface area (Å²) in [5.74, 6) is -3.49. The molecule has 0 aromatic rings. The van der Waals surface area contributed by atoms with E-state index in [9.17, 15) is 14.4 Å². The molecule has 0 saturated heterocycles. The van der Waals surface area contributed by atoms with Gasteiger partial charge < -0.3 is 10.2 Å². The molecular weight excluding hydrogens is 220 g/mol. The third-order valence-electron chi connectivity index (χ3n) is 1.39. The van der Waals surface area contributed by atoms with E-state index in [1.165, 1.54) is 0 Å². The first-order chi connectivity index (χ1) is 7.43. The monoisotopic (exact) mass is 230 g/mol. The van der Waals surface area contributed by atoms with Crippen LogP contribution in [0.2, 0.25) is 0 Å². The molecule has 0 aliphatic heterocycles. The molecule has 0 rings (SSSR count). The van der Waals surface area contributed by atoms with Gasteiger partial charge in [-0.1, -0.05) is 13.2 Å². The van der Waals surface area contributed by atoms with Gasteiger partial charge in [-0.15, -0.1) is 0 Å². The molecule has 0 aromatic heterocycles. The number of carbonyl (C=O) groups excluding carboxylic acids is 3. The predicted molar refractivity (Wildman–Crippen MR) is 49.6 cm³/mol. The molecule has 0 spiro atoms. The van der Waals surface area contributed by atoms with E-state index in [0.29, 0.717) is 0 Å². The van der Waals surface area contributed by atoms with Crippen LogP contribution >= 0.6 is 0 Å². The molecule has 0 bridgehead atoms. The van der Waals surface area contributed by atoms with Gasteiger partial charge in [-0.3, -0.25) is 4.79 Å². The van der Waals surface area contributed by atoms with Crippen LogP contribution in [0.3, 0.4) is 0 Å². The summed E-state index contributed by atoms with van der Waals surface area (Å²) in [5.41, 5.74) is -0.751. The van der Waals surface area contributed by atoms with Gasteiger partial charge in [-0.05, 0) is 0 Å². The first kappa shape index (κ1) is 14.0. The topological polar surface area (TPSA) is 110 Å². The van der Waals surface area contributed by atoms with Crippen LogP contribution < -0.4 is 0 Å². The quantitative estimate of drug-likeness (QED) is 0.197. The maximum Gasteiger partial charge on any atom is 0.389 e. The largest absolute Gasteiger partial charge is 0.393 e. The number of hydrogen-bond acceptors (Lipinski definition) is 7. The molecule has 7 nitrogen and oxygen atoms in total. The van der Waals surface area contributed by atoms with Gasteiger partial charge in [0.25, 0.3) is 0 Å². The maximum atomic E-state index is 11.1. The fourth-order valence-corrected chi connectivity index (χ4v) is 0.548. The molecule has 88 valence electrons. The predicted octanol–water partition coefficient (Wildman–Crippen LogP) is -1.35. The summed E-state index contributed by atoms with van der Waals surface area (Å²) in [6, 6.07) is 0. The van der Waals surface area contributed by atoms with Gasteiger partial charge in [0.1, 0.15) is 11.7 Å². The van der Waals surface area contributed by atoms with Crippen molar-refractivity contribution in [1.82, 2.24) is 0 Å². The highest BCUT2D eigenvalue weighted by atomic mass is 17.2. The van der Waals surface area contributed by atoms with Gasteiger partial charge >= 0.3 is 11.9 Å². The summed E-state index contributed by atoms with van der Waals surface area (Å²) in [6.45, 7) is 5.18. The molecule has 1 unspecified atom stereocenters. The van der Waals surface area contributed by atoms with E-state index in [4.69, 9.17) is 10.2 Å². The van der Waals surface area contributed by atoms with Crippen molar-refractivity contribution in [3.63, 3.8) is 0 Å². The third kappa shape index (κ3) is 4.03. The molecule has 0 radical (unpaired) electrons. The van der Waals surface area contributed by atoms with Crippen LogP contribution in [0.5, 0.6) is 0 Å². The molecule has 0 aromatic carbocycles. The summed E-state index contributed by atoms with van der Waals surface area (Å²) in [5, 5.41) is 17.3. The number of rotatable bonds is 5. The van der Waals surface area contributed by atoms with Gasteiger partial charge in [0.2, 0.25) is 0 Å². The molecule has 16 heavy (non-hydrogen) atoms. The molecule has 1 atom stereocenters. The first-order valence-electron chi connectivity index (χ1n) is 4.01. The van der Waals surface area contributed by atoms with Crippen molar-refractivity contribution in [2.75, 3.05) is 6.61 Å². The molecule has 2 N–H and O–H groups in total. The smallest absolute Gasteiger partial charge is 0.389 e. The molecule has 0 heterocycles. The zero-order chi connectivity index (χ0) is 12.7. The summed E-state index contributed by atoms with van der Waals surface area (Å²) >= 11 is 0. The molecule has 7 heteroatoms. The Hall–Kier alpha value is -1.99. The second kappa shape index (κ2) is 6.49. The Morgan fingerprint density at radius 1 is 1.31 bits per heavy atom. The molecule has 0 aliphatic carbocycles. The lowest BCUT2D eigenvalue weighted by Crippen LogP contribution is -2.29. The van der Waals surface area contributed by atoms with Gasteiger partial charge in [-0.25, -0.2) is 19.4 Å². The Bertz CT molecular complexity index is 331. The highest BCUT2D eigenvalue weighted by molar-refractivity contribution is 6.18. The van der Waals surface area contributed by atoms with Crippen LogP contribution in [0.15, 0.2) is 24.8 Å². The molecule has 0 fully saturated rings. The number of hydrogen-bond donors (Lipinski definition) is 2. The number of aliphatic hydroxyl groups excluding tert-OH is 2. The van der Waals surface area contributed by atoms with E-state index >= 15 is 0 Å². The highest BCUT2D eigenvalue weighted by Gasteiger charge is 2.25. The van der Waals surface area contributed by atoms with Crippen molar-refractivity contribution < 1.29 is 34.4 Å². The summed E-state index contributed by atoms with van der Waals surface area (Å²) in [4.78, 5) is 40.3. The van der Waals surface area contributed by atoms with Gasteiger partial charge in [0.05, 0.1) is 6.61 Å². The summed E-state index contributed by atoms with van der Waals surface area (Å²) in [6.07, 6.45) is -1.03. The molecular formula is C9H10O7. The Morgan fingerprint density at radius 2 is 1.88 bits per heavy atom. The van der Waals surface area contributed by atoms with Crippen molar-refractivity contribution in [3.05, 3.63) is 24.8 Å². The molecule has 0 saturated carbocycles. The Labute approximate surface area is 90.5 Å². The summed E-state index contributed by atoms with van der Waals surface area (Å²) in [7, 11) is 0. The standard InChI is InChI=1S/C9H10O7/c1-3-7(12)15-16-9(14)5(2)8(13)6(11)4-10/h3,6,10-11H,1-2,4H2. The van der Waals surface area contributed by atoms with Crippen molar-refractivity contribution in [2.24, 2.45) is 0 Å². The summed E-state index contributed by atoms with van der Waals surface area (Å²) < 4.78 is 0. The molecule has 0 aliphatic rings. The van der Waals surface area contributed by atoms with Crippen LogP contribution in [-0.2, 0) is 24.2 Å². The highest BCUT2D eigenvalue weighted by Crippen LogP contribution is 2.01. The third-order valence-corrected chi connectivity index (χ3v) is 1.39. The fourth-order valence-electron chi connectivity index (χ4n) is 0.548. The van der Waals surface area contributed by atoms with Gasteiger partial charge in [0, 0.05) is 6.08 Å². The lowest BCUT2D eigenvalue weighted by atomic mass is 10.1. The van der Waals surface area contributed by atoms with Crippen LogP contribution in [0.1, 0.15) is 0 Å². The Morgan fingerprint density at radius 3 is 2.31 bits per heavy atom. The van der Waals surface area contributed by atoms with E-state index in [1.54, 1.807) is 0 Å². The molecule has 0 amide bonds. The van der Waals surface area contributed by atoms with Crippen molar-refractivity contribution in [3.8, 4) is 0 Å². The van der Waals surface area contributed by atoms with Crippen molar-refractivity contribution in [2.45, 2.75) is 6.10 Å². The Kier molecular flexibility index (Phi) is 5.68. The lowest BCUT2D eigenvalue weighted by Gasteiger charge is -2.06. The fraction of sp³-hybridized carbons (Fsp3) is 0.222. The number of ketones is 1. The second-order valence-electron chi connectivity index (χ2n) is 2.52. The number of Topliss-reactive ketones (excluding diaryl/α,β-unsaturated/α-hetero) is 1. The van der Waals surface area contributed by atoms with E-state index < -0.39 is 36.0 Å². The average Bonchev–Trinajstić information content (AvgIpc) is 2.32. The van der Waals surface area contributed by atoms with Crippen LogP contribution in [0.4, 0.5) is 0 Å². The Balaban J connectivity index is 4.29. The van der Waals surface area contributed by atoms with Crippen LogP contribution in [0, 0.1) is 0 Å². The minimum Gasteiger partial charge on any atom is -0.393 e. The second-order valence-corrected chi connectivity index (χ2v) is 2.52. The zero-order valence-electron chi connectivity index (χ0n) is 8.21. The minimum atomic E-state index is -1.77. The SMILES string of the molecule is C=CC(=O)OOC(=O)C(=C)C(=O)C(O)CO. The lowest BCUT2D eigenvalue weighted by molar-refractivity contribution is -0.251. The van der Waals surface area contributed by atoms with Gasteiger partial charge in [0.15, 0.2) is 5.78 Å².